The third kappa shape index (κ3) is 4.95. The largest absolute Gasteiger partial charge is 0.388 e. The van der Waals surface area contributed by atoms with Crippen molar-refractivity contribution in [1.29, 1.82) is 0 Å². The number of rotatable bonds is 4. The Balaban J connectivity index is 1.96. The number of hydrogen-bond donors (Lipinski definition) is 1. The van der Waals surface area contributed by atoms with Gasteiger partial charge >= 0.3 is 0 Å². The standard InChI is InChI=1S/C23H32O/c1-22(2,3)19-12-7-17(8-13-19)9-16-21(24)18-10-14-20(15-11-18)23(4,5)6/h7-8,10-15,21,24H,9,16H2,1-6H3. The average molecular weight is 325 g/mol. The second-order valence-corrected chi connectivity index (χ2v) is 8.87. The maximum atomic E-state index is 10.5. The second-order valence-electron chi connectivity index (χ2n) is 8.87. The zero-order valence-electron chi connectivity index (χ0n) is 16.1. The first-order valence-corrected chi connectivity index (χ1v) is 8.95. The van der Waals surface area contributed by atoms with Crippen LogP contribution >= 0.6 is 0 Å². The Labute approximate surface area is 147 Å². The molecule has 2 rings (SSSR count). The van der Waals surface area contributed by atoms with E-state index in [-0.39, 0.29) is 10.8 Å². The van der Waals surface area contributed by atoms with Gasteiger partial charge in [-0.3, -0.25) is 0 Å². The molecule has 0 amide bonds. The highest BCUT2D eigenvalue weighted by Gasteiger charge is 2.15. The predicted molar refractivity (Wildman–Crippen MR) is 104 cm³/mol. The molecule has 130 valence electrons. The molecule has 1 nitrogen and oxygen atoms in total. The molecule has 0 aliphatic rings. The van der Waals surface area contributed by atoms with Crippen LogP contribution < -0.4 is 0 Å². The quantitative estimate of drug-likeness (QED) is 0.737. The number of aryl methyl sites for hydroxylation is 1. The molecule has 0 radical (unpaired) electrons. The molecule has 1 atom stereocenters. The van der Waals surface area contributed by atoms with Gasteiger partial charge in [0, 0.05) is 0 Å². The van der Waals surface area contributed by atoms with Crippen molar-refractivity contribution in [1.82, 2.24) is 0 Å². The maximum absolute atomic E-state index is 10.5. The van der Waals surface area contributed by atoms with Crippen LogP contribution in [0.15, 0.2) is 48.5 Å². The lowest BCUT2D eigenvalue weighted by atomic mass is 9.86. The molecule has 0 fully saturated rings. The van der Waals surface area contributed by atoms with Gasteiger partial charge in [0.1, 0.15) is 0 Å². The molecule has 0 saturated heterocycles. The van der Waals surface area contributed by atoms with Crippen LogP contribution in [-0.4, -0.2) is 5.11 Å². The van der Waals surface area contributed by atoms with Gasteiger partial charge in [0.2, 0.25) is 0 Å². The van der Waals surface area contributed by atoms with Crippen molar-refractivity contribution >= 4 is 0 Å². The lowest BCUT2D eigenvalue weighted by molar-refractivity contribution is 0.168. The van der Waals surface area contributed by atoms with Crippen molar-refractivity contribution in [2.45, 2.75) is 71.3 Å². The van der Waals surface area contributed by atoms with Crippen molar-refractivity contribution < 1.29 is 5.11 Å². The summed E-state index contributed by atoms with van der Waals surface area (Å²) >= 11 is 0. The van der Waals surface area contributed by atoms with E-state index in [1.54, 1.807) is 0 Å². The van der Waals surface area contributed by atoms with E-state index in [0.29, 0.717) is 0 Å². The van der Waals surface area contributed by atoms with Crippen molar-refractivity contribution in [3.8, 4) is 0 Å². The summed E-state index contributed by atoms with van der Waals surface area (Å²) < 4.78 is 0. The third-order valence-corrected chi connectivity index (χ3v) is 4.69. The van der Waals surface area contributed by atoms with Gasteiger partial charge in [-0.25, -0.2) is 0 Å². The Kier molecular flexibility index (Phi) is 5.55. The van der Waals surface area contributed by atoms with Crippen LogP contribution in [0.5, 0.6) is 0 Å². The van der Waals surface area contributed by atoms with E-state index in [0.717, 1.165) is 18.4 Å². The minimum Gasteiger partial charge on any atom is -0.388 e. The van der Waals surface area contributed by atoms with E-state index in [1.165, 1.54) is 16.7 Å². The summed E-state index contributed by atoms with van der Waals surface area (Å²) in [5.74, 6) is 0. The summed E-state index contributed by atoms with van der Waals surface area (Å²) in [5.41, 5.74) is 5.29. The lowest BCUT2D eigenvalue weighted by Gasteiger charge is -2.20. The highest BCUT2D eigenvalue weighted by molar-refractivity contribution is 5.30. The van der Waals surface area contributed by atoms with E-state index in [9.17, 15) is 5.11 Å². The first kappa shape index (κ1) is 18.7. The highest BCUT2D eigenvalue weighted by atomic mass is 16.3. The molecule has 1 unspecified atom stereocenters. The van der Waals surface area contributed by atoms with Crippen molar-refractivity contribution in [3.05, 3.63) is 70.8 Å². The SMILES string of the molecule is CC(C)(C)c1ccc(CCC(O)c2ccc(C(C)(C)C)cc2)cc1. The summed E-state index contributed by atoms with van der Waals surface area (Å²) in [6.07, 6.45) is 1.25. The fraction of sp³-hybridized carbons (Fsp3) is 0.478. The van der Waals surface area contributed by atoms with Gasteiger partial charge in [0.15, 0.2) is 0 Å². The minimum atomic E-state index is -0.402. The molecule has 0 spiro atoms. The Bertz CT molecular complexity index is 636. The zero-order chi connectivity index (χ0) is 18.0. The van der Waals surface area contributed by atoms with Crippen molar-refractivity contribution in [2.24, 2.45) is 0 Å². The van der Waals surface area contributed by atoms with Gasteiger partial charge in [0.25, 0.3) is 0 Å². The lowest BCUT2D eigenvalue weighted by Crippen LogP contribution is -2.11. The summed E-state index contributed by atoms with van der Waals surface area (Å²) in [7, 11) is 0. The van der Waals surface area contributed by atoms with Gasteiger partial charge in [-0.2, -0.15) is 0 Å². The Morgan fingerprint density at radius 3 is 1.54 bits per heavy atom. The molecule has 2 aromatic carbocycles. The van der Waals surface area contributed by atoms with Crippen molar-refractivity contribution in [2.75, 3.05) is 0 Å². The molecule has 0 saturated carbocycles. The predicted octanol–water partition coefficient (Wildman–Crippen LogP) is 5.95. The molecule has 0 aliphatic carbocycles. The normalized spacial score (nSPS) is 13.8. The number of hydrogen-bond acceptors (Lipinski definition) is 1. The second kappa shape index (κ2) is 7.11. The van der Waals surface area contributed by atoms with Crippen LogP contribution in [0, 0.1) is 0 Å². The Morgan fingerprint density at radius 2 is 1.12 bits per heavy atom. The number of aliphatic hydroxyl groups excluding tert-OH is 1. The summed E-state index contributed by atoms with van der Waals surface area (Å²) in [4.78, 5) is 0. The molecule has 0 heterocycles. The van der Waals surface area contributed by atoms with Crippen LogP contribution in [0.4, 0.5) is 0 Å². The summed E-state index contributed by atoms with van der Waals surface area (Å²) in [6.45, 7) is 13.3. The van der Waals surface area contributed by atoms with Crippen LogP contribution in [0.2, 0.25) is 0 Å². The topological polar surface area (TPSA) is 20.2 Å². The van der Waals surface area contributed by atoms with E-state index >= 15 is 0 Å². The molecule has 1 N–H and O–H groups in total. The van der Waals surface area contributed by atoms with Crippen LogP contribution in [-0.2, 0) is 17.3 Å². The van der Waals surface area contributed by atoms with Gasteiger partial charge in [-0.15, -0.1) is 0 Å². The van der Waals surface area contributed by atoms with Gasteiger partial charge in [-0.05, 0) is 45.9 Å². The first-order chi connectivity index (χ1) is 11.1. The monoisotopic (exact) mass is 324 g/mol. The smallest absolute Gasteiger partial charge is 0.0793 e. The molecule has 2 aromatic rings. The van der Waals surface area contributed by atoms with Gasteiger partial charge in [-0.1, -0.05) is 90.1 Å². The summed E-state index contributed by atoms with van der Waals surface area (Å²) in [6, 6.07) is 17.2. The van der Waals surface area contributed by atoms with E-state index < -0.39 is 6.10 Å². The van der Waals surface area contributed by atoms with Crippen LogP contribution in [0.25, 0.3) is 0 Å². The average Bonchev–Trinajstić information content (AvgIpc) is 2.51. The third-order valence-electron chi connectivity index (χ3n) is 4.69. The maximum Gasteiger partial charge on any atom is 0.0793 e. The van der Waals surface area contributed by atoms with Gasteiger partial charge < -0.3 is 5.11 Å². The fourth-order valence-corrected chi connectivity index (χ4v) is 2.85. The number of benzene rings is 2. The van der Waals surface area contributed by atoms with E-state index in [2.05, 4.69) is 90.1 Å². The molecular weight excluding hydrogens is 292 g/mol. The molecule has 0 aliphatic heterocycles. The molecular formula is C23H32O. The van der Waals surface area contributed by atoms with Crippen molar-refractivity contribution in [3.63, 3.8) is 0 Å². The molecule has 1 heteroatoms. The molecule has 0 aromatic heterocycles. The Hall–Kier alpha value is -1.60. The van der Waals surface area contributed by atoms with E-state index in [4.69, 9.17) is 0 Å². The van der Waals surface area contributed by atoms with E-state index in [1.807, 2.05) is 0 Å². The fourth-order valence-electron chi connectivity index (χ4n) is 2.85. The highest BCUT2D eigenvalue weighted by Crippen LogP contribution is 2.26. The minimum absolute atomic E-state index is 0.151. The van der Waals surface area contributed by atoms with Crippen LogP contribution in [0.3, 0.4) is 0 Å². The Morgan fingerprint density at radius 1 is 0.708 bits per heavy atom. The summed E-state index contributed by atoms with van der Waals surface area (Å²) in [5, 5.41) is 10.5. The first-order valence-electron chi connectivity index (χ1n) is 8.95. The zero-order valence-corrected chi connectivity index (χ0v) is 16.1. The molecule has 0 bridgehead atoms. The van der Waals surface area contributed by atoms with Crippen LogP contribution in [0.1, 0.15) is 76.3 Å². The molecule has 24 heavy (non-hydrogen) atoms. The number of aliphatic hydroxyl groups is 1. The van der Waals surface area contributed by atoms with Gasteiger partial charge in [0.05, 0.1) is 6.10 Å².